The predicted molar refractivity (Wildman–Crippen MR) is 109 cm³/mol. The molecule has 1 heterocycles. The average Bonchev–Trinajstić information content (AvgIpc) is 3.01. The maximum Gasteiger partial charge on any atom is 0.325 e. The van der Waals surface area contributed by atoms with Crippen LogP contribution in [0.3, 0.4) is 0 Å². The molecule has 2 N–H and O–H groups in total. The fraction of sp³-hybridized carbons (Fsp3) is 0.348. The molecule has 6 nitrogen and oxygen atoms in total. The molecule has 0 unspecified atom stereocenters. The fourth-order valence-electron chi connectivity index (χ4n) is 4.13. The van der Waals surface area contributed by atoms with Crippen LogP contribution in [0.5, 0.6) is 0 Å². The molecule has 4 rings (SSSR count). The Morgan fingerprint density at radius 2 is 1.83 bits per heavy atom. The Labute approximate surface area is 170 Å². The summed E-state index contributed by atoms with van der Waals surface area (Å²) in [5, 5.41) is 5.81. The summed E-state index contributed by atoms with van der Waals surface area (Å²) in [5.74, 6) is -0.357. The number of urea groups is 1. The van der Waals surface area contributed by atoms with Gasteiger partial charge in [0.15, 0.2) is 0 Å². The lowest BCUT2D eigenvalue weighted by molar-refractivity contribution is -0.128. The highest BCUT2D eigenvalue weighted by molar-refractivity contribution is 6.04. The molecular weight excluding hydrogens is 366 g/mol. The molecule has 6 heteroatoms. The van der Waals surface area contributed by atoms with E-state index >= 15 is 0 Å². The summed E-state index contributed by atoms with van der Waals surface area (Å²) in [6, 6.07) is 16.6. The number of carbonyl (C=O) groups is 3. The molecule has 2 atom stereocenters. The minimum absolute atomic E-state index is 0.0240. The highest BCUT2D eigenvalue weighted by Gasteiger charge is 2.37. The first-order valence-electron chi connectivity index (χ1n) is 10.1. The molecule has 0 bridgehead atoms. The lowest BCUT2D eigenvalue weighted by Gasteiger charge is -2.26. The van der Waals surface area contributed by atoms with Gasteiger partial charge in [-0.15, -0.1) is 0 Å². The second-order valence-electron chi connectivity index (χ2n) is 7.66. The zero-order valence-corrected chi connectivity index (χ0v) is 16.3. The minimum Gasteiger partial charge on any atom is -0.349 e. The van der Waals surface area contributed by atoms with Crippen LogP contribution in [0.25, 0.3) is 0 Å². The molecule has 1 saturated heterocycles. The molecule has 1 aliphatic heterocycles. The number of imide groups is 1. The first kappa shape index (κ1) is 19.2. The number of rotatable bonds is 6. The van der Waals surface area contributed by atoms with E-state index in [9.17, 15) is 14.4 Å². The van der Waals surface area contributed by atoms with Gasteiger partial charge in [-0.1, -0.05) is 54.6 Å². The van der Waals surface area contributed by atoms with Gasteiger partial charge in [0.1, 0.15) is 6.04 Å². The number of hydrogen-bond acceptors (Lipinski definition) is 3. The van der Waals surface area contributed by atoms with Gasteiger partial charge in [0.05, 0.1) is 12.6 Å². The van der Waals surface area contributed by atoms with Crippen LogP contribution in [0.15, 0.2) is 54.6 Å². The van der Waals surface area contributed by atoms with Crippen molar-refractivity contribution in [1.82, 2.24) is 15.5 Å². The van der Waals surface area contributed by atoms with Gasteiger partial charge in [-0.25, -0.2) is 4.79 Å². The number of hydrogen-bond donors (Lipinski definition) is 2. The van der Waals surface area contributed by atoms with Crippen LogP contribution in [-0.2, 0) is 22.6 Å². The predicted octanol–water partition coefficient (Wildman–Crippen LogP) is 3.08. The number of benzene rings is 2. The number of fused-ring (bicyclic) bond motifs is 1. The monoisotopic (exact) mass is 391 g/mol. The van der Waals surface area contributed by atoms with Crippen molar-refractivity contribution in [3.63, 3.8) is 0 Å². The van der Waals surface area contributed by atoms with Crippen LogP contribution < -0.4 is 10.6 Å². The molecule has 0 aromatic heterocycles. The molecular formula is C23H25N3O3. The van der Waals surface area contributed by atoms with Crippen LogP contribution in [0, 0.1) is 0 Å². The number of carbonyl (C=O) groups excluding carboxylic acids is 3. The first-order valence-corrected chi connectivity index (χ1v) is 10.1. The van der Waals surface area contributed by atoms with Gasteiger partial charge in [0, 0.05) is 6.42 Å². The summed E-state index contributed by atoms with van der Waals surface area (Å²) in [6.07, 6.45) is 3.52. The Hall–Kier alpha value is -3.15. The Balaban J connectivity index is 1.31. The number of nitrogens with one attached hydrogen (secondary N) is 2. The van der Waals surface area contributed by atoms with Crippen LogP contribution in [-0.4, -0.2) is 28.8 Å². The molecule has 1 fully saturated rings. The highest BCUT2D eigenvalue weighted by Crippen LogP contribution is 2.29. The topological polar surface area (TPSA) is 78.5 Å². The number of amides is 4. The number of aryl methyl sites for hydroxylation is 1. The van der Waals surface area contributed by atoms with Crippen LogP contribution in [0.2, 0.25) is 0 Å². The van der Waals surface area contributed by atoms with E-state index in [1.54, 1.807) is 0 Å². The highest BCUT2D eigenvalue weighted by atomic mass is 16.2. The summed E-state index contributed by atoms with van der Waals surface area (Å²) in [7, 11) is 0. The van der Waals surface area contributed by atoms with Crippen molar-refractivity contribution in [3.05, 3.63) is 71.3 Å². The standard InChI is InChI=1S/C23H25N3O3/c27-21(24-19-12-6-10-17-9-4-5-11-18(17)19)14-13-20-22(28)26(23(29)25-20)15-16-7-2-1-3-8-16/h1-5,7-9,11,19-20H,6,10,12-15H2,(H,24,27)(H,25,29)/t19-,20+/m1/s1. The Bertz CT molecular complexity index is 913. The van der Waals surface area contributed by atoms with Gasteiger partial charge in [-0.05, 0) is 42.4 Å². The summed E-state index contributed by atoms with van der Waals surface area (Å²) in [4.78, 5) is 38.5. The van der Waals surface area contributed by atoms with Crippen molar-refractivity contribution in [2.24, 2.45) is 0 Å². The maximum atomic E-state index is 12.6. The lowest BCUT2D eigenvalue weighted by Crippen LogP contribution is -2.34. The third-order valence-corrected chi connectivity index (χ3v) is 5.66. The quantitative estimate of drug-likeness (QED) is 0.743. The van der Waals surface area contributed by atoms with Crippen LogP contribution >= 0.6 is 0 Å². The molecule has 29 heavy (non-hydrogen) atoms. The molecule has 0 radical (unpaired) electrons. The zero-order valence-electron chi connectivity index (χ0n) is 16.3. The molecule has 2 aromatic rings. The van der Waals surface area contributed by atoms with Crippen molar-refractivity contribution in [2.45, 2.75) is 50.7 Å². The fourth-order valence-corrected chi connectivity index (χ4v) is 4.13. The van der Waals surface area contributed by atoms with E-state index in [-0.39, 0.29) is 30.8 Å². The van der Waals surface area contributed by atoms with E-state index in [0.717, 1.165) is 24.8 Å². The van der Waals surface area contributed by atoms with Gasteiger partial charge in [0.2, 0.25) is 5.91 Å². The van der Waals surface area contributed by atoms with E-state index in [1.165, 1.54) is 16.0 Å². The van der Waals surface area contributed by atoms with E-state index in [1.807, 2.05) is 42.5 Å². The zero-order chi connectivity index (χ0) is 20.2. The van der Waals surface area contributed by atoms with E-state index in [2.05, 4.69) is 22.8 Å². The van der Waals surface area contributed by atoms with Crippen LogP contribution in [0.1, 0.15) is 48.4 Å². The molecule has 2 aromatic carbocycles. The van der Waals surface area contributed by atoms with Gasteiger partial charge in [0.25, 0.3) is 5.91 Å². The second kappa shape index (κ2) is 8.47. The van der Waals surface area contributed by atoms with Crippen molar-refractivity contribution < 1.29 is 14.4 Å². The van der Waals surface area contributed by atoms with Gasteiger partial charge in [-0.2, -0.15) is 0 Å². The first-order chi connectivity index (χ1) is 14.1. The Morgan fingerprint density at radius 1 is 1.07 bits per heavy atom. The van der Waals surface area contributed by atoms with Crippen molar-refractivity contribution in [2.75, 3.05) is 0 Å². The number of nitrogens with zero attached hydrogens (tertiary/aromatic N) is 1. The minimum atomic E-state index is -0.643. The third-order valence-electron chi connectivity index (χ3n) is 5.66. The molecule has 150 valence electrons. The molecule has 0 saturated carbocycles. The van der Waals surface area contributed by atoms with Crippen LogP contribution in [0.4, 0.5) is 4.79 Å². The van der Waals surface area contributed by atoms with Gasteiger partial charge >= 0.3 is 6.03 Å². The molecule has 2 aliphatic rings. The molecule has 0 spiro atoms. The molecule has 4 amide bonds. The second-order valence-corrected chi connectivity index (χ2v) is 7.66. The lowest BCUT2D eigenvalue weighted by atomic mass is 9.87. The Kier molecular flexibility index (Phi) is 5.60. The maximum absolute atomic E-state index is 12.6. The normalized spacial score (nSPS) is 20.9. The summed E-state index contributed by atoms with van der Waals surface area (Å²) in [6.45, 7) is 0.243. The average molecular weight is 391 g/mol. The SMILES string of the molecule is O=C(CC[C@@H]1NC(=O)N(Cc2ccccc2)C1=O)N[C@@H]1CCCc2ccccc21. The largest absolute Gasteiger partial charge is 0.349 e. The van der Waals surface area contributed by atoms with Crippen molar-refractivity contribution in [3.8, 4) is 0 Å². The molecule has 1 aliphatic carbocycles. The summed E-state index contributed by atoms with van der Waals surface area (Å²) < 4.78 is 0. The van der Waals surface area contributed by atoms with Crippen molar-refractivity contribution >= 4 is 17.8 Å². The summed E-state index contributed by atoms with van der Waals surface area (Å²) >= 11 is 0. The van der Waals surface area contributed by atoms with E-state index < -0.39 is 12.1 Å². The summed E-state index contributed by atoms with van der Waals surface area (Å²) in [5.41, 5.74) is 3.37. The van der Waals surface area contributed by atoms with E-state index in [4.69, 9.17) is 0 Å². The Morgan fingerprint density at radius 3 is 2.66 bits per heavy atom. The van der Waals surface area contributed by atoms with Gasteiger partial charge < -0.3 is 10.6 Å². The van der Waals surface area contributed by atoms with Crippen molar-refractivity contribution in [1.29, 1.82) is 0 Å². The van der Waals surface area contributed by atoms with E-state index in [0.29, 0.717) is 6.42 Å². The smallest absolute Gasteiger partial charge is 0.325 e. The van der Waals surface area contributed by atoms with Gasteiger partial charge in [-0.3, -0.25) is 14.5 Å². The third kappa shape index (κ3) is 4.31.